The molecule has 7 heteroatoms. The molecule has 116 valence electrons. The Kier molecular flexibility index (Phi) is 6.38. The Bertz CT molecular complexity index is 529. The Morgan fingerprint density at radius 3 is 2.48 bits per heavy atom. The fourth-order valence-electron chi connectivity index (χ4n) is 1.42. The van der Waals surface area contributed by atoms with E-state index in [1.165, 1.54) is 18.2 Å². The van der Waals surface area contributed by atoms with E-state index in [1.54, 1.807) is 20.8 Å². The van der Waals surface area contributed by atoms with E-state index in [4.69, 9.17) is 4.74 Å². The first-order valence-corrected chi connectivity index (χ1v) is 7.47. The summed E-state index contributed by atoms with van der Waals surface area (Å²) in [4.78, 5) is 23.2. The van der Waals surface area contributed by atoms with Gasteiger partial charge in [0, 0.05) is 16.7 Å². The van der Waals surface area contributed by atoms with Gasteiger partial charge in [0.15, 0.2) is 0 Å². The number of amides is 2. The van der Waals surface area contributed by atoms with E-state index in [2.05, 4.69) is 10.6 Å². The Balaban J connectivity index is 2.38. The fourth-order valence-corrected chi connectivity index (χ4v) is 2.00. The molecule has 0 fully saturated rings. The largest absolute Gasteiger partial charge is 0.444 e. The van der Waals surface area contributed by atoms with Crippen molar-refractivity contribution in [3.05, 3.63) is 33.1 Å². The Morgan fingerprint density at radius 1 is 1.24 bits per heavy atom. The normalized spacial score (nSPS) is 10.9. The van der Waals surface area contributed by atoms with Crippen molar-refractivity contribution >= 4 is 34.6 Å². The summed E-state index contributed by atoms with van der Waals surface area (Å²) in [5.41, 5.74) is -0.293. The molecule has 0 atom stereocenters. The first kappa shape index (κ1) is 17.7. The highest BCUT2D eigenvalue weighted by Gasteiger charge is 2.15. The number of ether oxygens (including phenoxy) is 1. The summed E-state index contributed by atoms with van der Waals surface area (Å²) in [6.07, 6.45) is -0.544. The quantitative estimate of drug-likeness (QED) is 0.595. The topological polar surface area (TPSA) is 67.4 Å². The van der Waals surface area contributed by atoms with Gasteiger partial charge < -0.3 is 15.4 Å². The molecule has 0 aromatic heterocycles. The molecule has 0 unspecified atom stereocenters. The zero-order valence-corrected chi connectivity index (χ0v) is 14.3. The van der Waals surface area contributed by atoms with Gasteiger partial charge >= 0.3 is 6.09 Å². The van der Waals surface area contributed by atoms with Crippen molar-refractivity contribution < 1.29 is 18.7 Å². The van der Waals surface area contributed by atoms with E-state index >= 15 is 0 Å². The third-order valence-electron chi connectivity index (χ3n) is 2.25. The minimum Gasteiger partial charge on any atom is -0.444 e. The van der Waals surface area contributed by atoms with Crippen LogP contribution in [0.2, 0.25) is 0 Å². The van der Waals surface area contributed by atoms with Gasteiger partial charge in [-0.05, 0) is 61.6 Å². The van der Waals surface area contributed by atoms with Crippen molar-refractivity contribution in [3.63, 3.8) is 0 Å². The van der Waals surface area contributed by atoms with Crippen molar-refractivity contribution in [1.82, 2.24) is 10.6 Å². The van der Waals surface area contributed by atoms with Crippen molar-refractivity contribution in [1.29, 1.82) is 0 Å². The van der Waals surface area contributed by atoms with E-state index in [0.717, 1.165) is 0 Å². The van der Waals surface area contributed by atoms with Gasteiger partial charge in [-0.25, -0.2) is 9.18 Å². The van der Waals surface area contributed by atoms with Gasteiger partial charge in [0.2, 0.25) is 0 Å². The van der Waals surface area contributed by atoms with Gasteiger partial charge in [-0.2, -0.15) is 0 Å². The molecule has 2 N–H and O–H groups in total. The fraction of sp³-hybridized carbons (Fsp3) is 0.429. The first-order valence-electron chi connectivity index (χ1n) is 6.39. The number of carbonyl (C=O) groups is 2. The lowest BCUT2D eigenvalue weighted by molar-refractivity contribution is 0.0526. The number of benzene rings is 1. The number of nitrogens with one attached hydrogen (secondary N) is 2. The average molecular weight is 408 g/mol. The second kappa shape index (κ2) is 7.58. The number of carbonyl (C=O) groups excluding carboxylic acids is 2. The highest BCUT2D eigenvalue weighted by Crippen LogP contribution is 2.13. The third-order valence-corrected chi connectivity index (χ3v) is 3.19. The molecule has 0 aliphatic carbocycles. The number of hydrogen-bond donors (Lipinski definition) is 2. The lowest BCUT2D eigenvalue weighted by atomic mass is 10.2. The van der Waals surface area contributed by atoms with Crippen molar-refractivity contribution in [3.8, 4) is 0 Å². The third kappa shape index (κ3) is 6.74. The van der Waals surface area contributed by atoms with Crippen molar-refractivity contribution in [2.24, 2.45) is 0 Å². The molecule has 5 nitrogen and oxygen atoms in total. The second-order valence-corrected chi connectivity index (χ2v) is 6.47. The summed E-state index contributed by atoms with van der Waals surface area (Å²) in [5.74, 6) is -0.850. The molecular formula is C14H18FIN2O3. The zero-order chi connectivity index (χ0) is 16.0. The van der Waals surface area contributed by atoms with E-state index in [9.17, 15) is 14.0 Å². The molecule has 0 radical (unpaired) electrons. The van der Waals surface area contributed by atoms with E-state index in [-0.39, 0.29) is 24.6 Å². The summed E-state index contributed by atoms with van der Waals surface area (Å²) >= 11 is 1.96. The van der Waals surface area contributed by atoms with Gasteiger partial charge in [0.25, 0.3) is 5.91 Å². The van der Waals surface area contributed by atoms with Crippen molar-refractivity contribution in [2.75, 3.05) is 13.1 Å². The lowest BCUT2D eigenvalue weighted by Gasteiger charge is -2.19. The summed E-state index contributed by atoms with van der Waals surface area (Å²) in [7, 11) is 0. The van der Waals surface area contributed by atoms with Crippen LogP contribution in [-0.2, 0) is 4.74 Å². The number of rotatable bonds is 4. The average Bonchev–Trinajstić information content (AvgIpc) is 2.35. The van der Waals surface area contributed by atoms with Gasteiger partial charge in [-0.3, -0.25) is 4.79 Å². The predicted molar refractivity (Wildman–Crippen MR) is 85.7 cm³/mol. The molecule has 0 aliphatic heterocycles. The highest BCUT2D eigenvalue weighted by atomic mass is 127. The van der Waals surface area contributed by atoms with Crippen LogP contribution >= 0.6 is 22.6 Å². The standard InChI is InChI=1S/C14H18FIN2O3/c1-14(2,3)21-13(20)18-7-6-17-12(19)10-8-9(15)4-5-11(10)16/h4-5,8H,6-7H2,1-3H3,(H,17,19)(H,18,20). The zero-order valence-electron chi connectivity index (χ0n) is 12.1. The van der Waals surface area contributed by atoms with Crippen LogP contribution in [0.4, 0.5) is 9.18 Å². The van der Waals surface area contributed by atoms with Gasteiger partial charge in [0.05, 0.1) is 5.56 Å². The SMILES string of the molecule is CC(C)(C)OC(=O)NCCNC(=O)c1cc(F)ccc1I. The van der Waals surface area contributed by atoms with E-state index in [1.807, 2.05) is 22.6 Å². The van der Waals surface area contributed by atoms with Gasteiger partial charge in [-0.15, -0.1) is 0 Å². The molecule has 0 heterocycles. The molecule has 0 spiro atoms. The molecule has 1 aromatic carbocycles. The maximum absolute atomic E-state index is 13.1. The van der Waals surface area contributed by atoms with Crippen LogP contribution in [0.25, 0.3) is 0 Å². The summed E-state index contributed by atoms with van der Waals surface area (Å²) in [6.45, 7) is 5.75. The van der Waals surface area contributed by atoms with Gasteiger partial charge in [0.1, 0.15) is 11.4 Å². The minimum atomic E-state index is -0.564. The number of alkyl carbamates (subject to hydrolysis) is 1. The number of halogens is 2. The van der Waals surface area contributed by atoms with E-state index in [0.29, 0.717) is 3.57 Å². The molecule has 0 saturated carbocycles. The van der Waals surface area contributed by atoms with Gasteiger partial charge in [-0.1, -0.05) is 0 Å². The van der Waals surface area contributed by atoms with Crippen LogP contribution in [0, 0.1) is 9.39 Å². The summed E-state index contributed by atoms with van der Waals surface area (Å²) in [5, 5.41) is 5.12. The lowest BCUT2D eigenvalue weighted by Crippen LogP contribution is -2.38. The van der Waals surface area contributed by atoms with Crippen LogP contribution in [0.3, 0.4) is 0 Å². The van der Waals surface area contributed by atoms with Crippen molar-refractivity contribution in [2.45, 2.75) is 26.4 Å². The molecule has 21 heavy (non-hydrogen) atoms. The van der Waals surface area contributed by atoms with Crippen LogP contribution < -0.4 is 10.6 Å². The van der Waals surface area contributed by atoms with Crippen LogP contribution in [0.1, 0.15) is 31.1 Å². The van der Waals surface area contributed by atoms with Crippen LogP contribution in [-0.4, -0.2) is 30.7 Å². The smallest absolute Gasteiger partial charge is 0.407 e. The molecule has 0 aliphatic rings. The first-order chi connectivity index (χ1) is 9.69. The maximum atomic E-state index is 13.1. The monoisotopic (exact) mass is 408 g/mol. The molecule has 0 saturated heterocycles. The molecule has 2 amide bonds. The highest BCUT2D eigenvalue weighted by molar-refractivity contribution is 14.1. The maximum Gasteiger partial charge on any atom is 0.407 e. The minimum absolute atomic E-state index is 0.227. The molecular weight excluding hydrogens is 390 g/mol. The summed E-state index contributed by atoms with van der Waals surface area (Å²) < 4.78 is 18.8. The summed E-state index contributed by atoms with van der Waals surface area (Å²) in [6, 6.07) is 4.00. The van der Waals surface area contributed by atoms with Crippen LogP contribution in [0.15, 0.2) is 18.2 Å². The Labute approximate surface area is 136 Å². The number of hydrogen-bond acceptors (Lipinski definition) is 3. The molecule has 1 aromatic rings. The second-order valence-electron chi connectivity index (χ2n) is 5.31. The molecule has 1 rings (SSSR count). The predicted octanol–water partition coefficient (Wildman–Crippen LogP) is 2.68. The van der Waals surface area contributed by atoms with E-state index < -0.39 is 17.5 Å². The Hall–Kier alpha value is -1.38. The van der Waals surface area contributed by atoms with Crippen LogP contribution in [0.5, 0.6) is 0 Å². The molecule has 0 bridgehead atoms. The Morgan fingerprint density at radius 2 is 1.86 bits per heavy atom.